The Bertz CT molecular complexity index is 300. The third-order valence-corrected chi connectivity index (χ3v) is 2.98. The van der Waals surface area contributed by atoms with Crippen molar-refractivity contribution in [3.8, 4) is 0 Å². The van der Waals surface area contributed by atoms with E-state index >= 15 is 0 Å². The van der Waals surface area contributed by atoms with Crippen molar-refractivity contribution in [1.82, 2.24) is 4.90 Å². The lowest BCUT2D eigenvalue weighted by molar-refractivity contribution is 0.187. The first-order valence-corrected chi connectivity index (χ1v) is 5.75. The highest BCUT2D eigenvalue weighted by Crippen LogP contribution is 2.17. The zero-order valence-electron chi connectivity index (χ0n) is 8.08. The molecule has 1 aromatic rings. The molecule has 0 aliphatic carbocycles. The molecule has 3 nitrogen and oxygen atoms in total. The molecule has 0 spiro atoms. The van der Waals surface area contributed by atoms with Crippen molar-refractivity contribution in [2.24, 2.45) is 5.73 Å². The number of piperidine rings is 1. The van der Waals surface area contributed by atoms with Gasteiger partial charge in [0, 0.05) is 12.6 Å². The van der Waals surface area contributed by atoms with Gasteiger partial charge in [-0.15, -0.1) is 0 Å². The van der Waals surface area contributed by atoms with E-state index in [9.17, 15) is 0 Å². The molecule has 0 bridgehead atoms. The van der Waals surface area contributed by atoms with Crippen molar-refractivity contribution >= 4 is 15.9 Å². The van der Waals surface area contributed by atoms with Gasteiger partial charge in [-0.1, -0.05) is 0 Å². The second kappa shape index (κ2) is 4.47. The maximum Gasteiger partial charge on any atom is 0.169 e. The molecule has 1 saturated heterocycles. The van der Waals surface area contributed by atoms with Crippen LogP contribution in [0.2, 0.25) is 0 Å². The van der Waals surface area contributed by atoms with Gasteiger partial charge in [0.2, 0.25) is 0 Å². The Balaban J connectivity index is 1.90. The molecule has 0 saturated carbocycles. The molecule has 0 amide bonds. The molecule has 2 N–H and O–H groups in total. The van der Waals surface area contributed by atoms with E-state index in [-0.39, 0.29) is 0 Å². The number of halogens is 1. The molecule has 4 heteroatoms. The number of rotatable bonds is 2. The van der Waals surface area contributed by atoms with Gasteiger partial charge in [-0.25, -0.2) is 0 Å². The number of nitrogens with zero attached hydrogens (tertiary/aromatic N) is 1. The van der Waals surface area contributed by atoms with Gasteiger partial charge in [0.25, 0.3) is 0 Å². The third kappa shape index (κ3) is 2.59. The molecule has 1 aliphatic heterocycles. The Kier molecular flexibility index (Phi) is 3.26. The van der Waals surface area contributed by atoms with Gasteiger partial charge in [-0.2, -0.15) is 0 Å². The molecule has 1 fully saturated rings. The molecule has 1 unspecified atom stereocenters. The number of likely N-dealkylation sites (tertiary alicyclic amines) is 1. The van der Waals surface area contributed by atoms with Crippen LogP contribution < -0.4 is 5.73 Å². The Morgan fingerprint density at radius 2 is 2.43 bits per heavy atom. The average molecular weight is 259 g/mol. The predicted octanol–water partition coefficient (Wildman–Crippen LogP) is 1.97. The molecule has 0 aromatic carbocycles. The smallest absolute Gasteiger partial charge is 0.169 e. The Morgan fingerprint density at radius 3 is 3.07 bits per heavy atom. The number of hydrogen-bond donors (Lipinski definition) is 1. The summed E-state index contributed by atoms with van der Waals surface area (Å²) in [6.07, 6.45) is 2.35. The summed E-state index contributed by atoms with van der Waals surface area (Å²) in [7, 11) is 0. The minimum atomic E-state index is 0.335. The van der Waals surface area contributed by atoms with Crippen LogP contribution >= 0.6 is 15.9 Å². The Hall–Kier alpha value is -0.320. The predicted molar refractivity (Wildman–Crippen MR) is 58.9 cm³/mol. The molecule has 1 aromatic heterocycles. The van der Waals surface area contributed by atoms with E-state index in [1.54, 1.807) is 0 Å². The third-order valence-electron chi connectivity index (χ3n) is 2.55. The molecule has 14 heavy (non-hydrogen) atoms. The second-order valence-electron chi connectivity index (χ2n) is 3.84. The van der Waals surface area contributed by atoms with E-state index in [2.05, 4.69) is 20.8 Å². The quantitative estimate of drug-likeness (QED) is 0.882. The van der Waals surface area contributed by atoms with Crippen LogP contribution in [0.1, 0.15) is 18.6 Å². The van der Waals surface area contributed by atoms with Crippen LogP contribution in [0, 0.1) is 0 Å². The summed E-state index contributed by atoms with van der Waals surface area (Å²) in [5.41, 5.74) is 5.90. The highest BCUT2D eigenvalue weighted by molar-refractivity contribution is 9.10. The average Bonchev–Trinajstić information content (AvgIpc) is 2.51. The lowest BCUT2D eigenvalue weighted by Gasteiger charge is -2.29. The first kappa shape index (κ1) is 10.2. The minimum Gasteiger partial charge on any atom is -0.453 e. The summed E-state index contributed by atoms with van der Waals surface area (Å²) in [4.78, 5) is 2.35. The Labute approximate surface area is 92.4 Å². The summed E-state index contributed by atoms with van der Waals surface area (Å²) >= 11 is 3.30. The van der Waals surface area contributed by atoms with Crippen molar-refractivity contribution in [3.63, 3.8) is 0 Å². The van der Waals surface area contributed by atoms with Crippen LogP contribution in [-0.4, -0.2) is 24.0 Å². The first-order chi connectivity index (χ1) is 6.74. The molecular weight excluding hydrogens is 244 g/mol. The standard InChI is InChI=1S/C10H15BrN2O/c11-10-4-3-9(14-10)7-13-5-1-2-8(12)6-13/h3-4,8H,1-2,5-7,12H2. The molecular formula is C10H15BrN2O. The second-order valence-corrected chi connectivity index (χ2v) is 4.62. The number of nitrogens with two attached hydrogens (primary N) is 1. The van der Waals surface area contributed by atoms with E-state index in [4.69, 9.17) is 10.2 Å². The fourth-order valence-electron chi connectivity index (χ4n) is 1.89. The van der Waals surface area contributed by atoms with Crippen LogP contribution in [0.5, 0.6) is 0 Å². The van der Waals surface area contributed by atoms with Gasteiger partial charge in [0.05, 0.1) is 6.54 Å². The minimum absolute atomic E-state index is 0.335. The largest absolute Gasteiger partial charge is 0.453 e. The van der Waals surface area contributed by atoms with E-state index < -0.39 is 0 Å². The first-order valence-electron chi connectivity index (χ1n) is 4.96. The summed E-state index contributed by atoms with van der Waals surface area (Å²) in [6.45, 7) is 2.99. The molecule has 1 aliphatic rings. The lowest BCUT2D eigenvalue weighted by Crippen LogP contribution is -2.42. The van der Waals surface area contributed by atoms with Crippen molar-refractivity contribution in [3.05, 3.63) is 22.6 Å². The lowest BCUT2D eigenvalue weighted by atomic mass is 10.1. The summed E-state index contributed by atoms with van der Waals surface area (Å²) in [5, 5.41) is 0. The molecule has 78 valence electrons. The normalized spacial score (nSPS) is 24.0. The van der Waals surface area contributed by atoms with E-state index in [0.717, 1.165) is 36.5 Å². The molecule has 2 heterocycles. The van der Waals surface area contributed by atoms with Crippen LogP contribution in [0.15, 0.2) is 21.2 Å². The zero-order chi connectivity index (χ0) is 9.97. The highest BCUT2D eigenvalue weighted by Gasteiger charge is 2.17. The Morgan fingerprint density at radius 1 is 1.57 bits per heavy atom. The van der Waals surface area contributed by atoms with Crippen molar-refractivity contribution in [2.45, 2.75) is 25.4 Å². The van der Waals surface area contributed by atoms with Crippen LogP contribution in [-0.2, 0) is 6.54 Å². The molecule has 2 rings (SSSR count). The topological polar surface area (TPSA) is 42.4 Å². The van der Waals surface area contributed by atoms with Gasteiger partial charge in [0.15, 0.2) is 4.67 Å². The van der Waals surface area contributed by atoms with Crippen LogP contribution in [0.4, 0.5) is 0 Å². The van der Waals surface area contributed by atoms with Gasteiger partial charge in [-0.3, -0.25) is 4.90 Å². The monoisotopic (exact) mass is 258 g/mol. The highest BCUT2D eigenvalue weighted by atomic mass is 79.9. The van der Waals surface area contributed by atoms with Crippen molar-refractivity contribution < 1.29 is 4.42 Å². The summed E-state index contributed by atoms with van der Waals surface area (Å²) in [6, 6.07) is 4.27. The SMILES string of the molecule is NC1CCCN(Cc2ccc(Br)o2)C1. The zero-order valence-corrected chi connectivity index (χ0v) is 9.66. The van der Waals surface area contributed by atoms with E-state index in [0.29, 0.717) is 6.04 Å². The maximum atomic E-state index is 5.90. The van der Waals surface area contributed by atoms with E-state index in [1.165, 1.54) is 6.42 Å². The van der Waals surface area contributed by atoms with Crippen LogP contribution in [0.25, 0.3) is 0 Å². The van der Waals surface area contributed by atoms with Gasteiger partial charge in [0.1, 0.15) is 5.76 Å². The van der Waals surface area contributed by atoms with Crippen LogP contribution in [0.3, 0.4) is 0 Å². The number of hydrogen-bond acceptors (Lipinski definition) is 3. The molecule has 1 atom stereocenters. The van der Waals surface area contributed by atoms with Gasteiger partial charge in [-0.05, 0) is 47.4 Å². The van der Waals surface area contributed by atoms with Crippen molar-refractivity contribution in [1.29, 1.82) is 0 Å². The number of furan rings is 1. The summed E-state index contributed by atoms with van der Waals surface area (Å²) in [5.74, 6) is 1.01. The molecule has 0 radical (unpaired) electrons. The maximum absolute atomic E-state index is 5.90. The fourth-order valence-corrected chi connectivity index (χ4v) is 2.23. The van der Waals surface area contributed by atoms with Gasteiger partial charge >= 0.3 is 0 Å². The summed E-state index contributed by atoms with van der Waals surface area (Å²) < 4.78 is 6.26. The van der Waals surface area contributed by atoms with E-state index in [1.807, 2.05) is 12.1 Å². The van der Waals surface area contributed by atoms with Gasteiger partial charge < -0.3 is 10.2 Å². The van der Waals surface area contributed by atoms with Crippen molar-refractivity contribution in [2.75, 3.05) is 13.1 Å². The fraction of sp³-hybridized carbons (Fsp3) is 0.600.